The number of phenols is 1. The number of rotatable bonds is 4. The topological polar surface area (TPSA) is 79.0 Å². The van der Waals surface area contributed by atoms with Gasteiger partial charge in [-0.05, 0) is 12.1 Å². The highest BCUT2D eigenvalue weighted by Gasteiger charge is 2.25. The minimum atomic E-state index is -0.600. The standard InChI is InChI=1S/C14H21N3O3/c1-20-10-11(15)14(19)17-8-6-16(7-9-17)12-4-2-3-5-13(12)18/h2-5,11,18H,6-10,15H2,1H3. The summed E-state index contributed by atoms with van der Waals surface area (Å²) in [5.41, 5.74) is 6.56. The Morgan fingerprint density at radius 1 is 1.35 bits per heavy atom. The van der Waals surface area contributed by atoms with Crippen molar-refractivity contribution in [3.8, 4) is 5.75 Å². The molecule has 1 aromatic rings. The first-order valence-electron chi connectivity index (χ1n) is 6.69. The number of nitrogens with zero attached hydrogens (tertiary/aromatic N) is 2. The Labute approximate surface area is 118 Å². The van der Waals surface area contributed by atoms with Gasteiger partial charge in [-0.25, -0.2) is 0 Å². The summed E-state index contributed by atoms with van der Waals surface area (Å²) in [6, 6.07) is 6.63. The van der Waals surface area contributed by atoms with Gasteiger partial charge in [0.25, 0.3) is 0 Å². The SMILES string of the molecule is COCC(N)C(=O)N1CCN(c2ccccc2O)CC1. The Balaban J connectivity index is 1.93. The van der Waals surface area contributed by atoms with Crippen LogP contribution in [-0.4, -0.2) is 61.9 Å². The molecule has 1 fully saturated rings. The Bertz CT molecular complexity index is 459. The van der Waals surface area contributed by atoms with E-state index in [9.17, 15) is 9.90 Å². The quantitative estimate of drug-likeness (QED) is 0.812. The number of hydrogen-bond acceptors (Lipinski definition) is 5. The number of carbonyl (C=O) groups is 1. The predicted octanol–water partition coefficient (Wildman–Crippen LogP) is 0.0145. The monoisotopic (exact) mass is 279 g/mol. The van der Waals surface area contributed by atoms with Crippen LogP contribution < -0.4 is 10.6 Å². The number of aromatic hydroxyl groups is 1. The van der Waals surface area contributed by atoms with Crippen LogP contribution in [0.3, 0.4) is 0 Å². The van der Waals surface area contributed by atoms with Crippen molar-refractivity contribution in [3.05, 3.63) is 24.3 Å². The molecule has 0 saturated carbocycles. The van der Waals surface area contributed by atoms with E-state index in [-0.39, 0.29) is 18.3 Å². The van der Waals surface area contributed by atoms with E-state index < -0.39 is 6.04 Å². The van der Waals surface area contributed by atoms with E-state index >= 15 is 0 Å². The Hall–Kier alpha value is -1.79. The Morgan fingerprint density at radius 3 is 2.60 bits per heavy atom. The fourth-order valence-electron chi connectivity index (χ4n) is 2.38. The van der Waals surface area contributed by atoms with Crippen molar-refractivity contribution in [2.75, 3.05) is 44.8 Å². The number of amides is 1. The van der Waals surface area contributed by atoms with Crippen LogP contribution in [0.15, 0.2) is 24.3 Å². The van der Waals surface area contributed by atoms with Gasteiger partial charge < -0.3 is 25.4 Å². The summed E-state index contributed by atoms with van der Waals surface area (Å²) in [5, 5.41) is 9.84. The number of carbonyl (C=O) groups excluding carboxylic acids is 1. The molecule has 1 saturated heterocycles. The van der Waals surface area contributed by atoms with E-state index in [0.29, 0.717) is 26.2 Å². The minimum Gasteiger partial charge on any atom is -0.506 e. The maximum Gasteiger partial charge on any atom is 0.241 e. The fourth-order valence-corrected chi connectivity index (χ4v) is 2.38. The van der Waals surface area contributed by atoms with Crippen molar-refractivity contribution in [2.24, 2.45) is 5.73 Å². The molecular weight excluding hydrogens is 258 g/mol. The highest BCUT2D eigenvalue weighted by atomic mass is 16.5. The smallest absolute Gasteiger partial charge is 0.241 e. The predicted molar refractivity (Wildman–Crippen MR) is 76.8 cm³/mol. The zero-order chi connectivity index (χ0) is 14.5. The van der Waals surface area contributed by atoms with Crippen LogP contribution in [-0.2, 0) is 9.53 Å². The first-order valence-corrected chi connectivity index (χ1v) is 6.69. The molecule has 1 aliphatic heterocycles. The summed E-state index contributed by atoms with van der Waals surface area (Å²) in [5.74, 6) is 0.187. The fraction of sp³-hybridized carbons (Fsp3) is 0.500. The van der Waals surface area contributed by atoms with Crippen LogP contribution in [0.25, 0.3) is 0 Å². The second-order valence-electron chi connectivity index (χ2n) is 4.86. The maximum atomic E-state index is 12.1. The molecule has 0 aromatic heterocycles. The van der Waals surface area contributed by atoms with Crippen LogP contribution in [0.5, 0.6) is 5.75 Å². The van der Waals surface area contributed by atoms with Crippen molar-refractivity contribution in [1.82, 2.24) is 4.90 Å². The van der Waals surface area contributed by atoms with E-state index in [2.05, 4.69) is 4.90 Å². The normalized spacial score (nSPS) is 17.1. The summed E-state index contributed by atoms with van der Waals surface area (Å²) in [4.78, 5) is 15.9. The molecule has 1 unspecified atom stereocenters. The number of hydrogen-bond donors (Lipinski definition) is 2. The van der Waals surface area contributed by atoms with Crippen molar-refractivity contribution in [3.63, 3.8) is 0 Å². The lowest BCUT2D eigenvalue weighted by Crippen LogP contribution is -2.54. The van der Waals surface area contributed by atoms with Crippen LogP contribution >= 0.6 is 0 Å². The lowest BCUT2D eigenvalue weighted by atomic mass is 10.2. The van der Waals surface area contributed by atoms with E-state index in [1.54, 1.807) is 17.0 Å². The minimum absolute atomic E-state index is 0.0798. The largest absolute Gasteiger partial charge is 0.506 e. The molecule has 1 aromatic carbocycles. The molecule has 20 heavy (non-hydrogen) atoms. The number of anilines is 1. The molecular formula is C14H21N3O3. The molecule has 0 spiro atoms. The molecule has 0 aliphatic carbocycles. The van der Waals surface area contributed by atoms with Crippen LogP contribution in [0, 0.1) is 0 Å². The van der Waals surface area contributed by atoms with Crippen molar-refractivity contribution in [2.45, 2.75) is 6.04 Å². The van der Waals surface area contributed by atoms with Crippen molar-refractivity contribution in [1.29, 1.82) is 0 Å². The molecule has 1 heterocycles. The van der Waals surface area contributed by atoms with Crippen LogP contribution in [0.1, 0.15) is 0 Å². The number of piperazine rings is 1. The van der Waals surface area contributed by atoms with Gasteiger partial charge in [0.1, 0.15) is 11.8 Å². The molecule has 110 valence electrons. The Kier molecular flexibility index (Phi) is 4.81. The molecule has 0 radical (unpaired) electrons. The van der Waals surface area contributed by atoms with Gasteiger partial charge in [0.2, 0.25) is 5.91 Å². The number of benzene rings is 1. The molecule has 0 bridgehead atoms. The number of phenolic OH excluding ortho intramolecular Hbond substituents is 1. The highest BCUT2D eigenvalue weighted by molar-refractivity contribution is 5.82. The lowest BCUT2D eigenvalue weighted by Gasteiger charge is -2.37. The van der Waals surface area contributed by atoms with Gasteiger partial charge >= 0.3 is 0 Å². The molecule has 6 heteroatoms. The molecule has 3 N–H and O–H groups in total. The first-order chi connectivity index (χ1) is 9.63. The van der Waals surface area contributed by atoms with E-state index in [1.165, 1.54) is 7.11 Å². The number of nitrogens with two attached hydrogens (primary N) is 1. The van der Waals surface area contributed by atoms with Gasteiger partial charge in [-0.1, -0.05) is 12.1 Å². The van der Waals surface area contributed by atoms with E-state index in [4.69, 9.17) is 10.5 Å². The van der Waals surface area contributed by atoms with Gasteiger partial charge in [-0.15, -0.1) is 0 Å². The van der Waals surface area contributed by atoms with Crippen LogP contribution in [0.4, 0.5) is 5.69 Å². The summed E-state index contributed by atoms with van der Waals surface area (Å²) < 4.78 is 4.91. The van der Waals surface area contributed by atoms with Gasteiger partial charge in [0.15, 0.2) is 0 Å². The number of para-hydroxylation sites is 2. The maximum absolute atomic E-state index is 12.1. The third kappa shape index (κ3) is 3.20. The lowest BCUT2D eigenvalue weighted by molar-refractivity contribution is -0.134. The summed E-state index contributed by atoms with van der Waals surface area (Å²) in [6.45, 7) is 2.81. The summed E-state index contributed by atoms with van der Waals surface area (Å²) in [7, 11) is 1.53. The molecule has 1 aliphatic rings. The summed E-state index contributed by atoms with van der Waals surface area (Å²) in [6.07, 6.45) is 0. The zero-order valence-electron chi connectivity index (χ0n) is 11.7. The zero-order valence-corrected chi connectivity index (χ0v) is 11.7. The molecule has 1 atom stereocenters. The first kappa shape index (κ1) is 14.6. The van der Waals surface area contributed by atoms with Crippen molar-refractivity contribution >= 4 is 11.6 Å². The highest BCUT2D eigenvalue weighted by Crippen LogP contribution is 2.27. The summed E-state index contributed by atoms with van der Waals surface area (Å²) >= 11 is 0. The van der Waals surface area contributed by atoms with Gasteiger partial charge in [0.05, 0.1) is 12.3 Å². The second-order valence-corrected chi connectivity index (χ2v) is 4.86. The van der Waals surface area contributed by atoms with Gasteiger partial charge in [-0.3, -0.25) is 4.79 Å². The third-order valence-corrected chi connectivity index (χ3v) is 3.48. The van der Waals surface area contributed by atoms with Gasteiger partial charge in [-0.2, -0.15) is 0 Å². The average molecular weight is 279 g/mol. The van der Waals surface area contributed by atoms with E-state index in [0.717, 1.165) is 5.69 Å². The Morgan fingerprint density at radius 2 is 2.00 bits per heavy atom. The molecule has 2 rings (SSSR count). The number of ether oxygens (including phenoxy) is 1. The molecule has 1 amide bonds. The second kappa shape index (κ2) is 6.58. The van der Waals surface area contributed by atoms with Crippen molar-refractivity contribution < 1.29 is 14.6 Å². The van der Waals surface area contributed by atoms with Gasteiger partial charge in [0, 0.05) is 33.3 Å². The molecule has 6 nitrogen and oxygen atoms in total. The third-order valence-electron chi connectivity index (χ3n) is 3.48. The average Bonchev–Trinajstić information content (AvgIpc) is 2.47. The number of methoxy groups -OCH3 is 1. The van der Waals surface area contributed by atoms with E-state index in [1.807, 2.05) is 12.1 Å². The van der Waals surface area contributed by atoms with Crippen LogP contribution in [0.2, 0.25) is 0 Å².